The minimum Gasteiger partial charge on any atom is -0.354 e. The van der Waals surface area contributed by atoms with E-state index in [1.165, 1.54) is 11.8 Å². The van der Waals surface area contributed by atoms with Crippen LogP contribution < -0.4 is 5.32 Å². The number of thioether (sulfide) groups is 1. The van der Waals surface area contributed by atoms with Crippen molar-refractivity contribution in [1.29, 1.82) is 0 Å². The van der Waals surface area contributed by atoms with Gasteiger partial charge in [-0.15, -0.1) is 11.8 Å². The van der Waals surface area contributed by atoms with Gasteiger partial charge in [-0.2, -0.15) is 0 Å². The van der Waals surface area contributed by atoms with Gasteiger partial charge in [0.15, 0.2) is 0 Å². The number of carbonyl (C=O) groups is 2. The van der Waals surface area contributed by atoms with E-state index in [1.54, 1.807) is 11.8 Å². The van der Waals surface area contributed by atoms with Crippen LogP contribution in [-0.2, 0) is 21.9 Å². The Balaban J connectivity index is 2.02. The molecule has 0 bridgehead atoms. The first-order chi connectivity index (χ1) is 14.4. The van der Waals surface area contributed by atoms with E-state index in [-0.39, 0.29) is 11.8 Å². The van der Waals surface area contributed by atoms with Gasteiger partial charge < -0.3 is 10.2 Å². The summed E-state index contributed by atoms with van der Waals surface area (Å²) in [4.78, 5) is 27.3. The van der Waals surface area contributed by atoms with Crippen LogP contribution in [0.5, 0.6) is 0 Å². The van der Waals surface area contributed by atoms with E-state index in [0.717, 1.165) is 28.4 Å². The third-order valence-corrected chi connectivity index (χ3v) is 6.44. The lowest BCUT2D eigenvalue weighted by atomic mass is 10.1. The van der Waals surface area contributed by atoms with Crippen LogP contribution in [0.15, 0.2) is 53.0 Å². The number of nitrogens with one attached hydrogen (secondary N) is 1. The lowest BCUT2D eigenvalue weighted by molar-refractivity contribution is -0.138. The van der Waals surface area contributed by atoms with Crippen molar-refractivity contribution in [3.63, 3.8) is 0 Å². The molecule has 0 saturated carbocycles. The summed E-state index contributed by atoms with van der Waals surface area (Å²) in [7, 11) is 0. The number of halogens is 2. The maximum absolute atomic E-state index is 13.0. The zero-order valence-corrected chi connectivity index (χ0v) is 20.5. The Morgan fingerprint density at radius 1 is 1.10 bits per heavy atom. The first-order valence-corrected chi connectivity index (χ1v) is 12.4. The average Bonchev–Trinajstić information content (AvgIpc) is 2.74. The molecule has 0 aliphatic carbocycles. The van der Waals surface area contributed by atoms with Gasteiger partial charge in [0.25, 0.3) is 0 Å². The van der Waals surface area contributed by atoms with Gasteiger partial charge in [-0.3, -0.25) is 9.59 Å². The molecule has 1 N–H and O–H groups in total. The van der Waals surface area contributed by atoms with Crippen molar-refractivity contribution in [3.05, 3.63) is 69.2 Å². The highest BCUT2D eigenvalue weighted by Gasteiger charge is 2.25. The van der Waals surface area contributed by atoms with E-state index in [1.807, 2.05) is 48.5 Å². The highest BCUT2D eigenvalue weighted by molar-refractivity contribution is 9.10. The number of unbranched alkanes of at least 4 members (excludes halogenated alkanes) is 1. The van der Waals surface area contributed by atoms with Crippen LogP contribution in [0.4, 0.5) is 0 Å². The normalized spacial score (nSPS) is 11.7. The smallest absolute Gasteiger partial charge is 0.242 e. The van der Waals surface area contributed by atoms with Crippen LogP contribution in [0.3, 0.4) is 0 Å². The lowest BCUT2D eigenvalue weighted by Crippen LogP contribution is -2.48. The van der Waals surface area contributed by atoms with Gasteiger partial charge >= 0.3 is 0 Å². The molecule has 162 valence electrons. The monoisotopic (exact) mass is 510 g/mol. The summed E-state index contributed by atoms with van der Waals surface area (Å²) in [5, 5.41) is 3.64. The Labute approximate surface area is 196 Å². The molecule has 7 heteroatoms. The lowest BCUT2D eigenvalue weighted by Gasteiger charge is -2.29. The fraction of sp³-hybridized carbons (Fsp3) is 0.391. The average molecular weight is 512 g/mol. The Hall–Kier alpha value is -1.50. The van der Waals surface area contributed by atoms with E-state index in [9.17, 15) is 9.59 Å². The number of nitrogens with zero attached hydrogens (tertiary/aromatic N) is 1. The van der Waals surface area contributed by atoms with Crippen LogP contribution in [0.1, 0.15) is 37.8 Å². The second-order valence-electron chi connectivity index (χ2n) is 7.09. The maximum Gasteiger partial charge on any atom is 0.242 e. The van der Waals surface area contributed by atoms with Crippen LogP contribution in [0, 0.1) is 0 Å². The van der Waals surface area contributed by atoms with Crippen LogP contribution in [-0.4, -0.2) is 35.1 Å². The summed E-state index contributed by atoms with van der Waals surface area (Å²) in [6.45, 7) is 4.90. The number of rotatable bonds is 11. The highest BCUT2D eigenvalue weighted by atomic mass is 79.9. The standard InChI is InChI=1S/C23H28BrClN2O2S/c1-3-4-13-26-23(29)17(2)27(14-18-5-9-20(24)10-6-18)22(28)16-30-15-19-7-11-21(25)12-8-19/h5-12,17H,3-4,13-16H2,1-2H3,(H,26,29)/t17-/m0/s1. The quantitative estimate of drug-likeness (QED) is 0.396. The predicted octanol–water partition coefficient (Wildman–Crippen LogP) is 5.67. The van der Waals surface area contributed by atoms with Crippen molar-refractivity contribution in [2.75, 3.05) is 12.3 Å². The number of hydrogen-bond donors (Lipinski definition) is 1. The van der Waals surface area contributed by atoms with Gasteiger partial charge in [-0.1, -0.05) is 65.1 Å². The molecule has 0 heterocycles. The fourth-order valence-corrected chi connectivity index (χ4v) is 4.09. The van der Waals surface area contributed by atoms with Gasteiger partial charge in [-0.25, -0.2) is 0 Å². The molecule has 0 spiro atoms. The SMILES string of the molecule is CCCCNC(=O)[C@H](C)N(Cc1ccc(Br)cc1)C(=O)CSCc1ccc(Cl)cc1. The number of hydrogen-bond acceptors (Lipinski definition) is 3. The molecule has 2 rings (SSSR count). The molecule has 2 amide bonds. The maximum atomic E-state index is 13.0. The second kappa shape index (κ2) is 13.0. The highest BCUT2D eigenvalue weighted by Crippen LogP contribution is 2.18. The molecule has 0 fully saturated rings. The molecule has 0 aromatic heterocycles. The van der Waals surface area contributed by atoms with Crippen LogP contribution >= 0.6 is 39.3 Å². The number of amides is 2. The van der Waals surface area contributed by atoms with E-state index in [0.29, 0.717) is 29.6 Å². The minimum absolute atomic E-state index is 0.0463. The molecule has 30 heavy (non-hydrogen) atoms. The Morgan fingerprint density at radius 3 is 2.37 bits per heavy atom. The molecular formula is C23H28BrClN2O2S. The van der Waals surface area contributed by atoms with Gasteiger partial charge in [0, 0.05) is 28.3 Å². The topological polar surface area (TPSA) is 49.4 Å². The van der Waals surface area contributed by atoms with Crippen molar-refractivity contribution >= 4 is 51.1 Å². The van der Waals surface area contributed by atoms with Crippen LogP contribution in [0.2, 0.25) is 5.02 Å². The third-order valence-electron chi connectivity index (χ3n) is 4.67. The summed E-state index contributed by atoms with van der Waals surface area (Å²) in [5.41, 5.74) is 2.10. The van der Waals surface area contributed by atoms with Gasteiger partial charge in [0.2, 0.25) is 11.8 Å². The van der Waals surface area contributed by atoms with Gasteiger partial charge in [0.1, 0.15) is 6.04 Å². The zero-order chi connectivity index (χ0) is 21.9. The molecule has 0 aliphatic heterocycles. The molecule has 2 aromatic rings. The largest absolute Gasteiger partial charge is 0.354 e. The first-order valence-electron chi connectivity index (χ1n) is 10.0. The molecule has 4 nitrogen and oxygen atoms in total. The van der Waals surface area contributed by atoms with E-state index in [4.69, 9.17) is 11.6 Å². The summed E-state index contributed by atoms with van der Waals surface area (Å²) < 4.78 is 0.980. The summed E-state index contributed by atoms with van der Waals surface area (Å²) in [6.07, 6.45) is 1.94. The number of carbonyl (C=O) groups excluding carboxylic acids is 2. The van der Waals surface area contributed by atoms with E-state index >= 15 is 0 Å². The first kappa shape index (κ1) is 24.8. The minimum atomic E-state index is -0.533. The molecule has 0 saturated heterocycles. The Morgan fingerprint density at radius 2 is 1.73 bits per heavy atom. The van der Waals surface area contributed by atoms with Gasteiger partial charge in [-0.05, 0) is 48.7 Å². The van der Waals surface area contributed by atoms with E-state index < -0.39 is 6.04 Å². The Kier molecular flexibility index (Phi) is 10.8. The predicted molar refractivity (Wildman–Crippen MR) is 130 cm³/mol. The van der Waals surface area contributed by atoms with Crippen molar-refractivity contribution in [2.45, 2.75) is 45.0 Å². The van der Waals surface area contributed by atoms with E-state index in [2.05, 4.69) is 28.2 Å². The summed E-state index contributed by atoms with van der Waals surface area (Å²) >= 11 is 10.9. The summed E-state index contributed by atoms with van der Waals surface area (Å²) in [6, 6.07) is 14.9. The molecule has 1 atom stereocenters. The third kappa shape index (κ3) is 8.32. The Bertz CT molecular complexity index is 815. The molecule has 2 aromatic carbocycles. The van der Waals surface area contributed by atoms with Crippen molar-refractivity contribution in [2.24, 2.45) is 0 Å². The second-order valence-corrected chi connectivity index (χ2v) is 9.43. The molecule has 0 radical (unpaired) electrons. The van der Waals surface area contributed by atoms with Crippen LogP contribution in [0.25, 0.3) is 0 Å². The molecule has 0 unspecified atom stereocenters. The van der Waals surface area contributed by atoms with Crippen molar-refractivity contribution < 1.29 is 9.59 Å². The molecule has 0 aliphatic rings. The van der Waals surface area contributed by atoms with Crippen molar-refractivity contribution in [1.82, 2.24) is 10.2 Å². The summed E-state index contributed by atoms with van der Waals surface area (Å²) in [5.74, 6) is 0.865. The number of benzene rings is 2. The zero-order valence-electron chi connectivity index (χ0n) is 17.4. The fourth-order valence-electron chi connectivity index (χ4n) is 2.82. The van der Waals surface area contributed by atoms with Crippen molar-refractivity contribution in [3.8, 4) is 0 Å². The molecular weight excluding hydrogens is 484 g/mol. The van der Waals surface area contributed by atoms with Gasteiger partial charge in [0.05, 0.1) is 5.75 Å².